The fourth-order valence-electron chi connectivity index (χ4n) is 2.44. The lowest BCUT2D eigenvalue weighted by molar-refractivity contribution is 0.340. The first-order chi connectivity index (χ1) is 9.52. The van der Waals surface area contributed by atoms with Crippen molar-refractivity contribution < 1.29 is 4.74 Å². The molecule has 0 aliphatic heterocycles. The van der Waals surface area contributed by atoms with E-state index >= 15 is 0 Å². The van der Waals surface area contributed by atoms with Gasteiger partial charge in [0.15, 0.2) is 5.96 Å². The van der Waals surface area contributed by atoms with Gasteiger partial charge in [-0.2, -0.15) is 0 Å². The Morgan fingerprint density at radius 1 is 1.15 bits per heavy atom. The maximum Gasteiger partial charge on any atom is 0.195 e. The van der Waals surface area contributed by atoms with Crippen LogP contribution in [0.15, 0.2) is 29.3 Å². The summed E-state index contributed by atoms with van der Waals surface area (Å²) in [6.07, 6.45) is 1.14. The van der Waals surface area contributed by atoms with Crippen molar-refractivity contribution in [3.8, 4) is 5.75 Å². The predicted molar refractivity (Wildman–Crippen MR) is 83.6 cm³/mol. The summed E-state index contributed by atoms with van der Waals surface area (Å²) in [7, 11) is 8.14. The molecule has 1 aliphatic rings. The first kappa shape index (κ1) is 14.7. The summed E-state index contributed by atoms with van der Waals surface area (Å²) in [6, 6.07) is 8.84. The van der Waals surface area contributed by atoms with E-state index in [0.717, 1.165) is 18.1 Å². The number of guanidine groups is 1. The highest BCUT2D eigenvalue weighted by Gasteiger charge is 2.39. The topological polar surface area (TPSA) is 28.1 Å². The smallest absolute Gasteiger partial charge is 0.195 e. The van der Waals surface area contributed by atoms with Crippen LogP contribution in [0.5, 0.6) is 5.75 Å². The molecule has 0 bridgehead atoms. The first-order valence-corrected chi connectivity index (χ1v) is 7.18. The molecule has 2 rings (SSSR count). The van der Waals surface area contributed by atoms with E-state index < -0.39 is 0 Å². The molecule has 0 saturated heterocycles. The predicted octanol–water partition coefficient (Wildman–Crippen LogP) is 2.42. The Balaban J connectivity index is 2.02. The van der Waals surface area contributed by atoms with Crippen LogP contribution >= 0.6 is 0 Å². The van der Waals surface area contributed by atoms with Gasteiger partial charge in [-0.25, -0.2) is 4.99 Å². The lowest BCUT2D eigenvalue weighted by Crippen LogP contribution is -2.35. The van der Waals surface area contributed by atoms with Crippen molar-refractivity contribution in [2.75, 3.05) is 34.8 Å². The van der Waals surface area contributed by atoms with E-state index in [1.165, 1.54) is 5.56 Å². The Bertz CT molecular complexity index is 455. The number of rotatable bonds is 4. The lowest BCUT2D eigenvalue weighted by atomic mass is 10.1. The molecule has 0 unspecified atom stereocenters. The SMILES string of the molecule is CCOc1ccc([C@H]2C[C@@H]2N=C(N(C)C)N(C)C)cc1. The lowest BCUT2D eigenvalue weighted by Gasteiger charge is -2.22. The number of ether oxygens (including phenoxy) is 1. The normalized spacial score (nSPS) is 20.2. The van der Waals surface area contributed by atoms with Gasteiger partial charge in [-0.3, -0.25) is 0 Å². The zero-order valence-electron chi connectivity index (χ0n) is 13.1. The van der Waals surface area contributed by atoms with E-state index in [-0.39, 0.29) is 0 Å². The molecule has 1 aliphatic carbocycles. The molecule has 4 heteroatoms. The molecule has 0 aromatic heterocycles. The van der Waals surface area contributed by atoms with Gasteiger partial charge in [-0.05, 0) is 31.0 Å². The Morgan fingerprint density at radius 3 is 2.25 bits per heavy atom. The summed E-state index contributed by atoms with van der Waals surface area (Å²) >= 11 is 0. The van der Waals surface area contributed by atoms with Gasteiger partial charge in [0.05, 0.1) is 12.6 Å². The monoisotopic (exact) mass is 275 g/mol. The zero-order valence-corrected chi connectivity index (χ0v) is 13.1. The van der Waals surface area contributed by atoms with Crippen molar-refractivity contribution in [2.45, 2.75) is 25.3 Å². The van der Waals surface area contributed by atoms with Crippen molar-refractivity contribution in [3.05, 3.63) is 29.8 Å². The minimum absolute atomic E-state index is 0.410. The minimum Gasteiger partial charge on any atom is -0.494 e. The van der Waals surface area contributed by atoms with Crippen molar-refractivity contribution in [3.63, 3.8) is 0 Å². The maximum atomic E-state index is 5.47. The molecule has 20 heavy (non-hydrogen) atoms. The molecule has 0 heterocycles. The fraction of sp³-hybridized carbons (Fsp3) is 0.562. The van der Waals surface area contributed by atoms with Crippen molar-refractivity contribution in [1.29, 1.82) is 0 Å². The quantitative estimate of drug-likeness (QED) is 0.624. The van der Waals surface area contributed by atoms with Crippen LogP contribution in [0.2, 0.25) is 0 Å². The number of aliphatic imine (C=N–C) groups is 1. The van der Waals surface area contributed by atoms with Crippen LogP contribution in [0, 0.1) is 0 Å². The van der Waals surface area contributed by atoms with E-state index in [0.29, 0.717) is 18.6 Å². The molecule has 2 atom stereocenters. The summed E-state index contributed by atoms with van der Waals surface area (Å²) in [6.45, 7) is 2.72. The van der Waals surface area contributed by atoms with Gasteiger partial charge < -0.3 is 14.5 Å². The largest absolute Gasteiger partial charge is 0.494 e. The number of benzene rings is 1. The van der Waals surface area contributed by atoms with Crippen LogP contribution in [0.3, 0.4) is 0 Å². The van der Waals surface area contributed by atoms with E-state index in [9.17, 15) is 0 Å². The van der Waals surface area contributed by atoms with E-state index in [4.69, 9.17) is 9.73 Å². The van der Waals surface area contributed by atoms with Gasteiger partial charge in [0.2, 0.25) is 0 Å². The van der Waals surface area contributed by atoms with Crippen LogP contribution in [0.1, 0.15) is 24.8 Å². The number of hydrogen-bond donors (Lipinski definition) is 0. The fourth-order valence-corrected chi connectivity index (χ4v) is 2.44. The average Bonchev–Trinajstić information content (AvgIpc) is 3.16. The van der Waals surface area contributed by atoms with E-state index in [1.807, 2.05) is 35.1 Å². The standard InChI is InChI=1S/C16H25N3O/c1-6-20-13-9-7-12(8-10-13)14-11-15(14)17-16(18(2)3)19(4)5/h7-10,14-15H,6,11H2,1-5H3/t14-,15+/m1/s1. The highest BCUT2D eigenvalue weighted by atomic mass is 16.5. The van der Waals surface area contributed by atoms with Crippen LogP contribution in [-0.2, 0) is 0 Å². The van der Waals surface area contributed by atoms with Gasteiger partial charge in [0.25, 0.3) is 0 Å². The third-order valence-corrected chi connectivity index (χ3v) is 3.46. The summed E-state index contributed by atoms with van der Waals surface area (Å²) in [5, 5.41) is 0. The summed E-state index contributed by atoms with van der Waals surface area (Å²) < 4.78 is 5.47. The molecule has 0 amide bonds. The van der Waals surface area contributed by atoms with Gasteiger partial charge in [0.1, 0.15) is 5.75 Å². The third kappa shape index (κ3) is 3.44. The number of hydrogen-bond acceptors (Lipinski definition) is 2. The summed E-state index contributed by atoms with van der Waals surface area (Å²) in [5.74, 6) is 2.53. The summed E-state index contributed by atoms with van der Waals surface area (Å²) in [5.41, 5.74) is 1.36. The molecule has 1 aromatic carbocycles. The summed E-state index contributed by atoms with van der Waals surface area (Å²) in [4.78, 5) is 8.97. The number of nitrogens with zero attached hydrogens (tertiary/aromatic N) is 3. The highest BCUT2D eigenvalue weighted by molar-refractivity contribution is 5.79. The maximum absolute atomic E-state index is 5.47. The van der Waals surface area contributed by atoms with Crippen LogP contribution in [0.4, 0.5) is 0 Å². The molecule has 110 valence electrons. The van der Waals surface area contributed by atoms with Crippen molar-refractivity contribution in [2.24, 2.45) is 4.99 Å². The van der Waals surface area contributed by atoms with E-state index in [2.05, 4.69) is 34.1 Å². The van der Waals surface area contributed by atoms with Gasteiger partial charge in [0, 0.05) is 34.1 Å². The van der Waals surface area contributed by atoms with Crippen LogP contribution in [-0.4, -0.2) is 56.6 Å². The van der Waals surface area contributed by atoms with Gasteiger partial charge in [-0.1, -0.05) is 12.1 Å². The highest BCUT2D eigenvalue weighted by Crippen LogP contribution is 2.44. The molecule has 4 nitrogen and oxygen atoms in total. The molecule has 0 N–H and O–H groups in total. The van der Waals surface area contributed by atoms with E-state index in [1.54, 1.807) is 0 Å². The van der Waals surface area contributed by atoms with Gasteiger partial charge >= 0.3 is 0 Å². The molecule has 0 radical (unpaired) electrons. The molecule has 0 spiro atoms. The second-order valence-electron chi connectivity index (χ2n) is 5.63. The molecule has 1 saturated carbocycles. The average molecular weight is 275 g/mol. The second-order valence-corrected chi connectivity index (χ2v) is 5.63. The van der Waals surface area contributed by atoms with Crippen molar-refractivity contribution >= 4 is 5.96 Å². The minimum atomic E-state index is 0.410. The Labute approximate surface area is 122 Å². The molecular formula is C16H25N3O. The molecular weight excluding hydrogens is 250 g/mol. The van der Waals surface area contributed by atoms with Gasteiger partial charge in [-0.15, -0.1) is 0 Å². The van der Waals surface area contributed by atoms with Crippen LogP contribution in [0.25, 0.3) is 0 Å². The second kappa shape index (κ2) is 6.16. The first-order valence-electron chi connectivity index (χ1n) is 7.18. The Kier molecular flexibility index (Phi) is 4.53. The molecule has 1 fully saturated rings. The van der Waals surface area contributed by atoms with Crippen LogP contribution < -0.4 is 4.74 Å². The third-order valence-electron chi connectivity index (χ3n) is 3.46. The molecule has 1 aromatic rings. The Morgan fingerprint density at radius 2 is 1.75 bits per heavy atom. The Hall–Kier alpha value is -1.71. The zero-order chi connectivity index (χ0) is 14.7. The van der Waals surface area contributed by atoms with Crippen molar-refractivity contribution in [1.82, 2.24) is 9.80 Å².